The Bertz CT molecular complexity index is 1670. The van der Waals surface area contributed by atoms with Crippen molar-refractivity contribution < 1.29 is 4.74 Å². The lowest BCUT2D eigenvalue weighted by molar-refractivity contribution is 0.122. The van der Waals surface area contributed by atoms with Crippen LogP contribution in [0.3, 0.4) is 0 Å². The fourth-order valence-corrected chi connectivity index (χ4v) is 5.75. The molecule has 40 heavy (non-hydrogen) atoms. The van der Waals surface area contributed by atoms with Crippen molar-refractivity contribution in [2.75, 3.05) is 36.9 Å². The molecule has 1 saturated carbocycles. The zero-order valence-corrected chi connectivity index (χ0v) is 22.6. The number of nitrogens with two attached hydrogens (primary N) is 1. The Morgan fingerprint density at radius 3 is 2.48 bits per heavy atom. The summed E-state index contributed by atoms with van der Waals surface area (Å²) in [6.07, 6.45) is 8.38. The maximum atomic E-state index is 6.32. The van der Waals surface area contributed by atoms with Crippen LogP contribution in [0.5, 0.6) is 0 Å². The van der Waals surface area contributed by atoms with Crippen LogP contribution in [0.1, 0.15) is 24.8 Å². The van der Waals surface area contributed by atoms with Crippen LogP contribution < -0.4 is 15.5 Å². The fraction of sp³-hybridized carbons (Fsp3) is 0.276. The molecule has 0 bridgehead atoms. The third-order valence-electron chi connectivity index (χ3n) is 7.87. The lowest BCUT2D eigenvalue weighted by Crippen LogP contribution is -2.43. The number of nitrogens with one attached hydrogen (secondary N) is 1. The molecular weight excluding hydrogens is 526 g/mol. The zero-order chi connectivity index (χ0) is 27.1. The first kappa shape index (κ1) is 24.9. The third-order valence-corrected chi connectivity index (χ3v) is 8.23. The second-order valence-corrected chi connectivity index (χ2v) is 10.4. The van der Waals surface area contributed by atoms with Crippen molar-refractivity contribution in [3.05, 3.63) is 72.7 Å². The van der Waals surface area contributed by atoms with Crippen molar-refractivity contribution in [2.24, 2.45) is 0 Å². The van der Waals surface area contributed by atoms with E-state index in [1.54, 1.807) is 18.6 Å². The minimum atomic E-state index is -0.177. The summed E-state index contributed by atoms with van der Waals surface area (Å²) in [5.41, 5.74) is 11.8. The predicted octanol–water partition coefficient (Wildman–Crippen LogP) is 4.48. The van der Waals surface area contributed by atoms with E-state index in [-0.39, 0.29) is 5.54 Å². The molecule has 202 valence electrons. The monoisotopic (exact) mass is 553 g/mol. The molecule has 5 aromatic rings. The first-order chi connectivity index (χ1) is 19.6. The first-order valence-corrected chi connectivity index (χ1v) is 13.8. The summed E-state index contributed by atoms with van der Waals surface area (Å²) in [6.45, 7) is 2.92. The standard InChI is InChI=1S/C29H28ClN9O/c30-37-29(10-2-11-29)19-4-6-20(7-5-19)39-27(21-3-1-12-33-26(21)31)36-23-9-8-22(35-28(23)39)24-17-32-18-25(34-24)38-13-15-40-16-14-38/h1,3-9,12,17-18,37H,2,10-11,13-16H2,(H2,31,33). The van der Waals surface area contributed by atoms with E-state index in [0.717, 1.165) is 60.5 Å². The Balaban J connectivity index is 1.36. The predicted molar refractivity (Wildman–Crippen MR) is 155 cm³/mol. The molecule has 1 saturated heterocycles. The summed E-state index contributed by atoms with van der Waals surface area (Å²) in [5, 5.41) is 0. The van der Waals surface area contributed by atoms with E-state index in [2.05, 4.69) is 44.0 Å². The van der Waals surface area contributed by atoms with Gasteiger partial charge in [-0.1, -0.05) is 12.1 Å². The molecule has 1 aliphatic carbocycles. The molecule has 1 aromatic carbocycles. The minimum Gasteiger partial charge on any atom is -0.383 e. The summed E-state index contributed by atoms with van der Waals surface area (Å²) < 4.78 is 7.52. The van der Waals surface area contributed by atoms with Crippen LogP contribution in [0.25, 0.3) is 39.6 Å². The van der Waals surface area contributed by atoms with Gasteiger partial charge in [-0.3, -0.25) is 9.55 Å². The van der Waals surface area contributed by atoms with E-state index in [1.165, 1.54) is 0 Å². The van der Waals surface area contributed by atoms with Gasteiger partial charge in [0.15, 0.2) is 11.5 Å². The quantitative estimate of drug-likeness (QED) is 0.293. The molecule has 7 rings (SSSR count). The van der Waals surface area contributed by atoms with Crippen molar-refractivity contribution in [2.45, 2.75) is 24.8 Å². The molecule has 4 aromatic heterocycles. The number of benzene rings is 1. The highest BCUT2D eigenvalue weighted by Crippen LogP contribution is 2.42. The summed E-state index contributed by atoms with van der Waals surface area (Å²) >= 11 is 6.15. The molecule has 0 atom stereocenters. The molecule has 11 heteroatoms. The Hall–Kier alpha value is -4.12. The van der Waals surface area contributed by atoms with Gasteiger partial charge in [0, 0.05) is 25.0 Å². The number of ether oxygens (including phenoxy) is 1. The fourth-order valence-electron chi connectivity index (χ4n) is 5.45. The van der Waals surface area contributed by atoms with Crippen LogP contribution in [-0.2, 0) is 10.3 Å². The highest BCUT2D eigenvalue weighted by atomic mass is 35.5. The highest BCUT2D eigenvalue weighted by Gasteiger charge is 2.38. The van der Waals surface area contributed by atoms with E-state index in [9.17, 15) is 0 Å². The number of morpholine rings is 1. The van der Waals surface area contributed by atoms with Crippen molar-refractivity contribution in [1.82, 2.24) is 34.3 Å². The van der Waals surface area contributed by atoms with Gasteiger partial charge in [-0.2, -0.15) is 0 Å². The Kier molecular flexibility index (Phi) is 6.30. The van der Waals surface area contributed by atoms with Gasteiger partial charge in [-0.05, 0) is 73.0 Å². The number of rotatable bonds is 6. The van der Waals surface area contributed by atoms with Gasteiger partial charge in [0.2, 0.25) is 0 Å². The third kappa shape index (κ3) is 4.25. The van der Waals surface area contributed by atoms with Gasteiger partial charge in [0.05, 0.1) is 42.4 Å². The number of fused-ring (bicyclic) bond motifs is 1. The summed E-state index contributed by atoms with van der Waals surface area (Å²) in [5.74, 6) is 1.88. The van der Waals surface area contributed by atoms with Gasteiger partial charge in [-0.25, -0.2) is 24.8 Å². The average Bonchev–Trinajstić information content (AvgIpc) is 3.36. The molecule has 5 heterocycles. The number of aromatic nitrogens is 6. The van der Waals surface area contributed by atoms with Crippen molar-refractivity contribution in [3.63, 3.8) is 0 Å². The molecule has 10 nitrogen and oxygen atoms in total. The number of anilines is 2. The minimum absolute atomic E-state index is 0.177. The van der Waals surface area contributed by atoms with E-state index in [4.69, 9.17) is 37.2 Å². The Morgan fingerprint density at radius 2 is 1.75 bits per heavy atom. The average molecular weight is 554 g/mol. The van der Waals surface area contributed by atoms with Crippen LogP contribution in [0.2, 0.25) is 0 Å². The topological polar surface area (TPSA) is 120 Å². The zero-order valence-electron chi connectivity index (χ0n) is 21.8. The number of nitrogen functional groups attached to an aromatic ring is 1. The summed E-state index contributed by atoms with van der Waals surface area (Å²) in [4.78, 5) is 28.9. The maximum Gasteiger partial charge on any atom is 0.165 e. The molecule has 2 aliphatic rings. The van der Waals surface area contributed by atoms with E-state index in [1.807, 2.05) is 28.8 Å². The van der Waals surface area contributed by atoms with Crippen LogP contribution in [0.4, 0.5) is 11.6 Å². The van der Waals surface area contributed by atoms with Crippen LogP contribution in [0, 0.1) is 0 Å². The highest BCUT2D eigenvalue weighted by molar-refractivity contribution is 6.14. The number of imidazole rings is 1. The molecule has 0 spiro atoms. The molecule has 3 N–H and O–H groups in total. The van der Waals surface area contributed by atoms with Gasteiger partial charge in [-0.15, -0.1) is 0 Å². The first-order valence-electron chi connectivity index (χ1n) is 13.4. The van der Waals surface area contributed by atoms with Crippen LogP contribution in [-0.4, -0.2) is 55.8 Å². The van der Waals surface area contributed by atoms with Crippen LogP contribution >= 0.6 is 11.8 Å². The van der Waals surface area contributed by atoms with Crippen molar-refractivity contribution in [1.29, 1.82) is 0 Å². The molecular formula is C29H28ClN9O. The molecule has 0 amide bonds. The lowest BCUT2D eigenvalue weighted by atomic mass is 9.73. The summed E-state index contributed by atoms with van der Waals surface area (Å²) in [7, 11) is 0. The lowest BCUT2D eigenvalue weighted by Gasteiger charge is -2.41. The normalized spacial score (nSPS) is 16.7. The number of nitrogens with zero attached hydrogens (tertiary/aromatic N) is 7. The number of hydrogen-bond donors (Lipinski definition) is 2. The van der Waals surface area contributed by atoms with Crippen molar-refractivity contribution >= 4 is 34.6 Å². The van der Waals surface area contributed by atoms with E-state index < -0.39 is 0 Å². The number of pyridine rings is 2. The van der Waals surface area contributed by atoms with E-state index >= 15 is 0 Å². The Morgan fingerprint density at radius 1 is 0.925 bits per heavy atom. The Labute approximate surface area is 236 Å². The molecule has 0 unspecified atom stereocenters. The van der Waals surface area contributed by atoms with Gasteiger partial charge in [0.25, 0.3) is 0 Å². The van der Waals surface area contributed by atoms with Crippen molar-refractivity contribution in [3.8, 4) is 28.5 Å². The second kappa shape index (κ2) is 10.1. The van der Waals surface area contributed by atoms with Gasteiger partial charge >= 0.3 is 0 Å². The summed E-state index contributed by atoms with van der Waals surface area (Å²) in [6, 6.07) is 16.1. The molecule has 0 radical (unpaired) electrons. The second-order valence-electron chi connectivity index (χ2n) is 10.2. The molecule has 2 fully saturated rings. The largest absolute Gasteiger partial charge is 0.383 e. The maximum absolute atomic E-state index is 6.32. The van der Waals surface area contributed by atoms with Gasteiger partial charge in [0.1, 0.15) is 22.8 Å². The van der Waals surface area contributed by atoms with Crippen LogP contribution in [0.15, 0.2) is 67.1 Å². The number of hydrogen-bond acceptors (Lipinski definition) is 9. The van der Waals surface area contributed by atoms with Gasteiger partial charge < -0.3 is 15.4 Å². The smallest absolute Gasteiger partial charge is 0.165 e. The SMILES string of the molecule is Nc1ncccc1-c1nc2ccc(-c3cncc(N4CCOCC4)n3)nc2n1-c1ccc(C2(NCl)CCC2)cc1. The van der Waals surface area contributed by atoms with E-state index in [0.29, 0.717) is 41.9 Å². The molecule has 1 aliphatic heterocycles. The number of halogens is 1.